The highest BCUT2D eigenvalue weighted by molar-refractivity contribution is 5.48. The summed E-state index contributed by atoms with van der Waals surface area (Å²) < 4.78 is 23.7. The highest BCUT2D eigenvalue weighted by atomic mass is 19.1. The van der Waals surface area contributed by atoms with Crippen LogP contribution in [0.15, 0.2) is 36.4 Å². The molecule has 1 atom stereocenters. The second kappa shape index (κ2) is 7.20. The number of benzene rings is 2. The van der Waals surface area contributed by atoms with Crippen molar-refractivity contribution in [1.82, 2.24) is 4.90 Å². The van der Waals surface area contributed by atoms with Gasteiger partial charge in [-0.1, -0.05) is 12.1 Å². The van der Waals surface area contributed by atoms with Gasteiger partial charge < -0.3 is 14.6 Å². The Hall–Kier alpha value is -2.11. The molecule has 4 nitrogen and oxygen atoms in total. The smallest absolute Gasteiger partial charge is 0.161 e. The maximum Gasteiger partial charge on any atom is 0.161 e. The van der Waals surface area contributed by atoms with Gasteiger partial charge in [0.1, 0.15) is 5.82 Å². The number of rotatable bonds is 5. The van der Waals surface area contributed by atoms with Gasteiger partial charge in [-0.25, -0.2) is 4.39 Å². The highest BCUT2D eigenvalue weighted by Crippen LogP contribution is 2.33. The first-order valence-corrected chi connectivity index (χ1v) is 8.00. The van der Waals surface area contributed by atoms with Crippen LogP contribution in [-0.2, 0) is 13.0 Å². The minimum absolute atomic E-state index is 0.293. The zero-order chi connectivity index (χ0) is 17.1. The third kappa shape index (κ3) is 3.52. The van der Waals surface area contributed by atoms with E-state index in [0.717, 1.165) is 36.6 Å². The zero-order valence-corrected chi connectivity index (χ0v) is 14.0. The summed E-state index contributed by atoms with van der Waals surface area (Å²) in [5, 5.41) is 10.4. The Bertz CT molecular complexity index is 703. The number of ether oxygens (including phenoxy) is 2. The summed E-state index contributed by atoms with van der Waals surface area (Å²) in [5.41, 5.74) is 3.17. The van der Waals surface area contributed by atoms with Gasteiger partial charge in [0.25, 0.3) is 0 Å². The van der Waals surface area contributed by atoms with Gasteiger partial charge in [-0.3, -0.25) is 4.90 Å². The molecule has 1 heterocycles. The van der Waals surface area contributed by atoms with Crippen molar-refractivity contribution in [2.24, 2.45) is 0 Å². The number of methoxy groups -OCH3 is 2. The van der Waals surface area contributed by atoms with E-state index in [0.29, 0.717) is 6.54 Å². The molecule has 2 aromatic rings. The second-order valence-corrected chi connectivity index (χ2v) is 6.03. The lowest BCUT2D eigenvalue weighted by Crippen LogP contribution is -2.34. The Labute approximate surface area is 141 Å². The molecule has 2 aromatic carbocycles. The molecule has 0 spiro atoms. The van der Waals surface area contributed by atoms with Gasteiger partial charge in [0, 0.05) is 19.6 Å². The standard InChI is InChI=1S/C19H22FNO3/c1-23-18-9-14-7-8-21(11-15(14)10-19(18)24-2)12-17(22)13-3-5-16(20)6-4-13/h3-6,9-10,17,22H,7-8,11-12H2,1-2H3. The first-order valence-electron chi connectivity index (χ1n) is 8.00. The maximum absolute atomic E-state index is 13.0. The van der Waals surface area contributed by atoms with Gasteiger partial charge in [0.15, 0.2) is 11.5 Å². The molecule has 128 valence electrons. The van der Waals surface area contributed by atoms with E-state index in [1.54, 1.807) is 26.4 Å². The average molecular weight is 331 g/mol. The summed E-state index contributed by atoms with van der Waals surface area (Å²) in [6.45, 7) is 2.12. The van der Waals surface area contributed by atoms with Crippen LogP contribution < -0.4 is 9.47 Å². The number of nitrogens with zero attached hydrogens (tertiary/aromatic N) is 1. The van der Waals surface area contributed by atoms with Gasteiger partial charge >= 0.3 is 0 Å². The molecule has 1 N–H and O–H groups in total. The second-order valence-electron chi connectivity index (χ2n) is 6.03. The van der Waals surface area contributed by atoms with E-state index in [2.05, 4.69) is 4.90 Å². The highest BCUT2D eigenvalue weighted by Gasteiger charge is 2.21. The first kappa shape index (κ1) is 16.7. The van der Waals surface area contributed by atoms with Crippen molar-refractivity contribution in [3.63, 3.8) is 0 Å². The SMILES string of the molecule is COc1cc2c(cc1OC)CN(CC(O)c1ccc(F)cc1)CC2. The van der Waals surface area contributed by atoms with Crippen molar-refractivity contribution < 1.29 is 19.0 Å². The van der Waals surface area contributed by atoms with Gasteiger partial charge in [-0.15, -0.1) is 0 Å². The molecular formula is C19H22FNO3. The summed E-state index contributed by atoms with van der Waals surface area (Å²) in [4.78, 5) is 2.20. The number of hydrogen-bond donors (Lipinski definition) is 1. The Morgan fingerprint density at radius 1 is 1.08 bits per heavy atom. The Morgan fingerprint density at radius 3 is 2.33 bits per heavy atom. The molecule has 0 radical (unpaired) electrons. The average Bonchev–Trinajstić information content (AvgIpc) is 2.60. The Morgan fingerprint density at radius 2 is 1.71 bits per heavy atom. The lowest BCUT2D eigenvalue weighted by atomic mass is 9.98. The first-order chi connectivity index (χ1) is 11.6. The molecule has 1 unspecified atom stereocenters. The molecule has 3 rings (SSSR count). The molecular weight excluding hydrogens is 309 g/mol. The predicted octanol–water partition coefficient (Wildman–Crippen LogP) is 2.93. The van der Waals surface area contributed by atoms with Crippen LogP contribution in [0.3, 0.4) is 0 Å². The monoisotopic (exact) mass is 331 g/mol. The summed E-state index contributed by atoms with van der Waals surface area (Å²) in [5.74, 6) is 1.17. The van der Waals surface area contributed by atoms with Crippen LogP contribution in [0.2, 0.25) is 0 Å². The minimum atomic E-state index is -0.632. The topological polar surface area (TPSA) is 41.9 Å². The van der Waals surface area contributed by atoms with Crippen molar-refractivity contribution in [2.75, 3.05) is 27.3 Å². The lowest BCUT2D eigenvalue weighted by molar-refractivity contribution is 0.106. The fourth-order valence-corrected chi connectivity index (χ4v) is 3.13. The third-order valence-corrected chi connectivity index (χ3v) is 4.48. The van der Waals surface area contributed by atoms with E-state index in [1.807, 2.05) is 12.1 Å². The van der Waals surface area contributed by atoms with Gasteiger partial charge in [0.05, 0.1) is 20.3 Å². The summed E-state index contributed by atoms with van der Waals surface area (Å²) in [6.07, 6.45) is 0.263. The van der Waals surface area contributed by atoms with Crippen LogP contribution in [0.1, 0.15) is 22.8 Å². The number of fused-ring (bicyclic) bond motifs is 1. The largest absolute Gasteiger partial charge is 0.493 e. The number of β-amino-alcohol motifs (C(OH)–C–C–N with tert-alkyl or cyclic N) is 1. The molecule has 0 aliphatic carbocycles. The van der Waals surface area contributed by atoms with Crippen LogP contribution >= 0.6 is 0 Å². The van der Waals surface area contributed by atoms with Crippen molar-refractivity contribution in [3.05, 3.63) is 58.9 Å². The molecule has 1 aliphatic heterocycles. The molecule has 0 aromatic heterocycles. The molecule has 24 heavy (non-hydrogen) atoms. The quantitative estimate of drug-likeness (QED) is 0.915. The zero-order valence-electron chi connectivity index (χ0n) is 14.0. The molecule has 0 saturated carbocycles. The fourth-order valence-electron chi connectivity index (χ4n) is 3.13. The van der Waals surface area contributed by atoms with E-state index in [1.165, 1.54) is 23.3 Å². The van der Waals surface area contributed by atoms with Crippen LogP contribution in [0.25, 0.3) is 0 Å². The minimum Gasteiger partial charge on any atom is -0.493 e. The van der Waals surface area contributed by atoms with Crippen molar-refractivity contribution in [3.8, 4) is 11.5 Å². The lowest BCUT2D eigenvalue weighted by Gasteiger charge is -2.31. The van der Waals surface area contributed by atoms with E-state index < -0.39 is 6.10 Å². The van der Waals surface area contributed by atoms with Gasteiger partial charge in [-0.2, -0.15) is 0 Å². The van der Waals surface area contributed by atoms with Gasteiger partial charge in [-0.05, 0) is 47.4 Å². The Kier molecular flexibility index (Phi) is 5.02. The number of hydrogen-bond acceptors (Lipinski definition) is 4. The predicted molar refractivity (Wildman–Crippen MR) is 89.9 cm³/mol. The van der Waals surface area contributed by atoms with E-state index >= 15 is 0 Å². The third-order valence-electron chi connectivity index (χ3n) is 4.48. The van der Waals surface area contributed by atoms with Gasteiger partial charge in [0.2, 0.25) is 0 Å². The summed E-state index contributed by atoms with van der Waals surface area (Å²) in [7, 11) is 3.27. The van der Waals surface area contributed by atoms with E-state index in [4.69, 9.17) is 9.47 Å². The maximum atomic E-state index is 13.0. The van der Waals surface area contributed by atoms with E-state index in [-0.39, 0.29) is 5.82 Å². The van der Waals surface area contributed by atoms with Crippen molar-refractivity contribution in [2.45, 2.75) is 19.1 Å². The van der Waals surface area contributed by atoms with Crippen molar-refractivity contribution in [1.29, 1.82) is 0 Å². The molecule has 0 saturated heterocycles. The van der Waals surface area contributed by atoms with Crippen LogP contribution in [0, 0.1) is 5.82 Å². The van der Waals surface area contributed by atoms with Crippen LogP contribution in [-0.4, -0.2) is 37.3 Å². The molecule has 5 heteroatoms. The molecule has 0 fully saturated rings. The fraction of sp³-hybridized carbons (Fsp3) is 0.368. The number of aliphatic hydroxyl groups is 1. The molecule has 0 bridgehead atoms. The number of aliphatic hydroxyl groups excluding tert-OH is 1. The molecule has 1 aliphatic rings. The van der Waals surface area contributed by atoms with Crippen molar-refractivity contribution >= 4 is 0 Å². The Balaban J connectivity index is 1.71. The summed E-state index contributed by atoms with van der Waals surface area (Å²) >= 11 is 0. The van der Waals surface area contributed by atoms with Crippen LogP contribution in [0.5, 0.6) is 11.5 Å². The summed E-state index contributed by atoms with van der Waals surface area (Å²) in [6, 6.07) is 10.0. The normalized spacial score (nSPS) is 15.7. The molecule has 0 amide bonds. The van der Waals surface area contributed by atoms with E-state index in [9.17, 15) is 9.50 Å². The van der Waals surface area contributed by atoms with Crippen LogP contribution in [0.4, 0.5) is 4.39 Å². The number of halogens is 1.